The highest BCUT2D eigenvalue weighted by atomic mass is 32.2. The highest BCUT2D eigenvalue weighted by Crippen LogP contribution is 2.30. The van der Waals surface area contributed by atoms with Crippen molar-refractivity contribution in [3.8, 4) is 11.6 Å². The summed E-state index contributed by atoms with van der Waals surface area (Å²) in [5, 5.41) is 10.4. The molecule has 0 saturated heterocycles. The molecule has 4 aromatic rings. The van der Waals surface area contributed by atoms with Crippen LogP contribution < -0.4 is 0 Å². The summed E-state index contributed by atoms with van der Waals surface area (Å²) in [5.41, 5.74) is 1.84. The first-order chi connectivity index (χ1) is 12.7. The molecule has 6 heteroatoms. The lowest BCUT2D eigenvalue weighted by Crippen LogP contribution is -2.00. The molecule has 0 radical (unpaired) electrons. The number of thioether (sulfide) groups is 1. The SMILES string of the molecule is C=CCn1c(SCc2ccc(F)cc2)nnc1-c1cc2ccccc2o1. The van der Waals surface area contributed by atoms with E-state index in [4.69, 9.17) is 4.42 Å². The lowest BCUT2D eigenvalue weighted by molar-refractivity contribution is 0.613. The second-order valence-electron chi connectivity index (χ2n) is 5.77. The van der Waals surface area contributed by atoms with Crippen LogP contribution in [0.25, 0.3) is 22.6 Å². The fourth-order valence-corrected chi connectivity index (χ4v) is 3.60. The van der Waals surface area contributed by atoms with E-state index in [-0.39, 0.29) is 5.82 Å². The summed E-state index contributed by atoms with van der Waals surface area (Å²) in [5.74, 6) is 1.79. The van der Waals surface area contributed by atoms with Gasteiger partial charge in [-0.05, 0) is 29.8 Å². The summed E-state index contributed by atoms with van der Waals surface area (Å²) in [7, 11) is 0. The van der Waals surface area contributed by atoms with Crippen LogP contribution in [0.15, 0.2) is 76.8 Å². The highest BCUT2D eigenvalue weighted by Gasteiger charge is 2.17. The van der Waals surface area contributed by atoms with E-state index in [1.54, 1.807) is 30.0 Å². The molecule has 0 amide bonds. The molecule has 0 fully saturated rings. The molecule has 0 atom stereocenters. The number of aromatic nitrogens is 3. The molecule has 130 valence electrons. The second-order valence-corrected chi connectivity index (χ2v) is 6.71. The lowest BCUT2D eigenvalue weighted by Gasteiger charge is -2.06. The van der Waals surface area contributed by atoms with Crippen LogP contribution in [-0.2, 0) is 12.3 Å². The van der Waals surface area contributed by atoms with Crippen molar-refractivity contribution in [2.45, 2.75) is 17.5 Å². The number of benzene rings is 2. The molecule has 0 unspecified atom stereocenters. The van der Waals surface area contributed by atoms with E-state index in [1.165, 1.54) is 12.1 Å². The number of hydrogen-bond acceptors (Lipinski definition) is 4. The molecule has 0 bridgehead atoms. The summed E-state index contributed by atoms with van der Waals surface area (Å²) in [6.07, 6.45) is 1.80. The third-order valence-corrected chi connectivity index (χ3v) is 4.99. The average molecular weight is 365 g/mol. The number of allylic oxidation sites excluding steroid dienone is 1. The zero-order chi connectivity index (χ0) is 17.9. The van der Waals surface area contributed by atoms with Crippen molar-refractivity contribution < 1.29 is 8.81 Å². The predicted molar refractivity (Wildman–Crippen MR) is 101 cm³/mol. The molecular formula is C20H16FN3OS. The Hall–Kier alpha value is -2.86. The van der Waals surface area contributed by atoms with Gasteiger partial charge in [0, 0.05) is 17.7 Å². The van der Waals surface area contributed by atoms with Gasteiger partial charge in [0.05, 0.1) is 0 Å². The molecule has 0 aliphatic heterocycles. The van der Waals surface area contributed by atoms with Crippen LogP contribution >= 0.6 is 11.8 Å². The molecular weight excluding hydrogens is 349 g/mol. The van der Waals surface area contributed by atoms with Crippen molar-refractivity contribution in [3.63, 3.8) is 0 Å². The van der Waals surface area contributed by atoms with Crippen molar-refractivity contribution >= 4 is 22.7 Å². The number of para-hydroxylation sites is 1. The Kier molecular flexibility index (Phi) is 4.58. The molecule has 0 spiro atoms. The van der Waals surface area contributed by atoms with Gasteiger partial charge in [0.15, 0.2) is 10.9 Å². The number of fused-ring (bicyclic) bond motifs is 1. The zero-order valence-corrected chi connectivity index (χ0v) is 14.7. The third-order valence-electron chi connectivity index (χ3n) is 3.96. The Morgan fingerprint density at radius 3 is 2.69 bits per heavy atom. The van der Waals surface area contributed by atoms with Gasteiger partial charge in [0.1, 0.15) is 11.4 Å². The van der Waals surface area contributed by atoms with Crippen LogP contribution in [0.5, 0.6) is 0 Å². The van der Waals surface area contributed by atoms with Gasteiger partial charge in [-0.15, -0.1) is 16.8 Å². The molecule has 0 N–H and O–H groups in total. The molecule has 0 saturated carbocycles. The molecule has 0 aliphatic carbocycles. The maximum absolute atomic E-state index is 13.0. The van der Waals surface area contributed by atoms with E-state index in [9.17, 15) is 4.39 Å². The lowest BCUT2D eigenvalue weighted by atomic mass is 10.2. The Bertz CT molecular complexity index is 1020. The molecule has 4 rings (SSSR count). The van der Waals surface area contributed by atoms with Crippen LogP contribution in [0.2, 0.25) is 0 Å². The summed E-state index contributed by atoms with van der Waals surface area (Å²) in [6, 6.07) is 16.3. The van der Waals surface area contributed by atoms with Gasteiger partial charge < -0.3 is 4.42 Å². The summed E-state index contributed by atoms with van der Waals surface area (Å²) < 4.78 is 20.9. The predicted octanol–water partition coefficient (Wildman–Crippen LogP) is 5.31. The normalized spacial score (nSPS) is 11.1. The van der Waals surface area contributed by atoms with Gasteiger partial charge in [-0.25, -0.2) is 4.39 Å². The molecule has 2 heterocycles. The van der Waals surface area contributed by atoms with E-state index in [2.05, 4.69) is 16.8 Å². The van der Waals surface area contributed by atoms with Crippen LogP contribution in [0.4, 0.5) is 4.39 Å². The van der Waals surface area contributed by atoms with Crippen LogP contribution in [-0.4, -0.2) is 14.8 Å². The van der Waals surface area contributed by atoms with Crippen LogP contribution in [0, 0.1) is 5.82 Å². The maximum atomic E-state index is 13.0. The monoisotopic (exact) mass is 365 g/mol. The minimum Gasteiger partial charge on any atom is -0.453 e. The van der Waals surface area contributed by atoms with E-state index in [0.29, 0.717) is 23.9 Å². The number of hydrogen-bond donors (Lipinski definition) is 0. The number of furan rings is 1. The van der Waals surface area contributed by atoms with Crippen molar-refractivity contribution in [1.29, 1.82) is 0 Å². The largest absolute Gasteiger partial charge is 0.453 e. The maximum Gasteiger partial charge on any atom is 0.200 e. The smallest absolute Gasteiger partial charge is 0.200 e. The van der Waals surface area contributed by atoms with Gasteiger partial charge in [-0.3, -0.25) is 4.57 Å². The number of rotatable bonds is 6. The quantitative estimate of drug-likeness (QED) is 0.343. The topological polar surface area (TPSA) is 43.9 Å². The van der Waals surface area contributed by atoms with Crippen LogP contribution in [0.3, 0.4) is 0 Å². The van der Waals surface area contributed by atoms with Crippen molar-refractivity contribution in [2.24, 2.45) is 0 Å². The first kappa shape index (κ1) is 16.6. The first-order valence-electron chi connectivity index (χ1n) is 8.15. The molecule has 2 aromatic carbocycles. The van der Waals surface area contributed by atoms with Crippen LogP contribution in [0.1, 0.15) is 5.56 Å². The summed E-state index contributed by atoms with van der Waals surface area (Å²) in [6.45, 7) is 4.40. The van der Waals surface area contributed by atoms with Gasteiger partial charge in [-0.1, -0.05) is 48.2 Å². The average Bonchev–Trinajstić information content (AvgIpc) is 3.25. The Balaban J connectivity index is 1.63. The van der Waals surface area contributed by atoms with E-state index >= 15 is 0 Å². The summed E-state index contributed by atoms with van der Waals surface area (Å²) in [4.78, 5) is 0. The Morgan fingerprint density at radius 1 is 1.12 bits per heavy atom. The van der Waals surface area contributed by atoms with Gasteiger partial charge in [-0.2, -0.15) is 0 Å². The standard InChI is InChI=1S/C20H16FN3OS/c1-2-11-24-19(18-12-15-5-3-4-6-17(15)25-18)22-23-20(24)26-13-14-7-9-16(21)10-8-14/h2-10,12H,1,11,13H2. The Morgan fingerprint density at radius 2 is 1.92 bits per heavy atom. The fraction of sp³-hybridized carbons (Fsp3) is 0.100. The molecule has 26 heavy (non-hydrogen) atoms. The van der Waals surface area contributed by atoms with Crippen molar-refractivity contribution in [2.75, 3.05) is 0 Å². The van der Waals surface area contributed by atoms with E-state index < -0.39 is 0 Å². The van der Waals surface area contributed by atoms with Gasteiger partial charge in [0.25, 0.3) is 0 Å². The number of halogens is 1. The zero-order valence-electron chi connectivity index (χ0n) is 13.9. The summed E-state index contributed by atoms with van der Waals surface area (Å²) >= 11 is 1.55. The first-order valence-corrected chi connectivity index (χ1v) is 9.13. The van der Waals surface area contributed by atoms with Crippen molar-refractivity contribution in [1.82, 2.24) is 14.8 Å². The number of nitrogens with zero attached hydrogens (tertiary/aromatic N) is 3. The molecule has 0 aliphatic rings. The molecule has 4 nitrogen and oxygen atoms in total. The van der Waals surface area contributed by atoms with E-state index in [0.717, 1.165) is 21.7 Å². The van der Waals surface area contributed by atoms with Gasteiger partial charge in [0.2, 0.25) is 5.82 Å². The minimum absolute atomic E-state index is 0.235. The Labute approximate surface area is 154 Å². The van der Waals surface area contributed by atoms with E-state index in [1.807, 2.05) is 34.9 Å². The minimum atomic E-state index is -0.235. The highest BCUT2D eigenvalue weighted by molar-refractivity contribution is 7.98. The second kappa shape index (κ2) is 7.17. The fourth-order valence-electron chi connectivity index (χ4n) is 2.69. The van der Waals surface area contributed by atoms with Crippen molar-refractivity contribution in [3.05, 3.63) is 78.6 Å². The molecule has 2 aromatic heterocycles. The third kappa shape index (κ3) is 3.28. The van der Waals surface area contributed by atoms with Gasteiger partial charge >= 0.3 is 0 Å².